The van der Waals surface area contributed by atoms with E-state index in [1.807, 2.05) is 0 Å². The molecule has 0 radical (unpaired) electrons. The van der Waals surface area contributed by atoms with Crippen LogP contribution in [0.3, 0.4) is 0 Å². The van der Waals surface area contributed by atoms with Crippen LogP contribution < -0.4 is 5.32 Å². The SMILES string of the molecule is CCCC1CCC(CNC2CC2)(OCCC(F)(F)F)CC1. The molecule has 0 aromatic carbocycles. The molecule has 0 amide bonds. The standard InChI is InChI=1S/C16H28F3NO/c1-2-3-13-6-8-15(9-7-13,12-20-14-4-5-14)21-11-10-16(17,18)19/h13-14,20H,2-12H2,1H3. The normalized spacial score (nSPS) is 30.6. The van der Waals surface area contributed by atoms with Gasteiger partial charge in [0.15, 0.2) is 0 Å². The fraction of sp³-hybridized carbons (Fsp3) is 1.00. The van der Waals surface area contributed by atoms with Crippen molar-refractivity contribution in [2.75, 3.05) is 13.2 Å². The van der Waals surface area contributed by atoms with Crippen molar-refractivity contribution in [2.45, 2.75) is 82.5 Å². The summed E-state index contributed by atoms with van der Waals surface area (Å²) in [6.07, 6.45) is 3.82. The van der Waals surface area contributed by atoms with Crippen LogP contribution in [0.2, 0.25) is 0 Å². The zero-order valence-corrected chi connectivity index (χ0v) is 13.0. The maximum Gasteiger partial charge on any atom is 0.391 e. The first kappa shape index (κ1) is 17.1. The summed E-state index contributed by atoms with van der Waals surface area (Å²) in [6.45, 7) is 2.71. The van der Waals surface area contributed by atoms with Crippen molar-refractivity contribution in [1.29, 1.82) is 0 Å². The van der Waals surface area contributed by atoms with Crippen molar-refractivity contribution >= 4 is 0 Å². The lowest BCUT2D eigenvalue weighted by Crippen LogP contribution is -2.47. The molecule has 21 heavy (non-hydrogen) atoms. The van der Waals surface area contributed by atoms with Crippen molar-refractivity contribution < 1.29 is 17.9 Å². The van der Waals surface area contributed by atoms with Crippen LogP contribution in [-0.2, 0) is 4.74 Å². The summed E-state index contributed by atoms with van der Waals surface area (Å²) in [5.74, 6) is 0.732. The topological polar surface area (TPSA) is 21.3 Å². The Hall–Kier alpha value is -0.290. The molecule has 0 unspecified atom stereocenters. The van der Waals surface area contributed by atoms with Crippen LogP contribution in [-0.4, -0.2) is 31.0 Å². The maximum atomic E-state index is 12.3. The molecule has 0 spiro atoms. The van der Waals surface area contributed by atoms with E-state index in [2.05, 4.69) is 12.2 Å². The number of alkyl halides is 3. The largest absolute Gasteiger partial charge is 0.391 e. The second kappa shape index (κ2) is 7.32. The quantitative estimate of drug-likeness (QED) is 0.716. The third kappa shape index (κ3) is 6.15. The Balaban J connectivity index is 1.82. The fourth-order valence-corrected chi connectivity index (χ4v) is 3.27. The van der Waals surface area contributed by atoms with Crippen LogP contribution in [0.25, 0.3) is 0 Å². The third-order valence-corrected chi connectivity index (χ3v) is 4.80. The first-order chi connectivity index (χ1) is 9.92. The van der Waals surface area contributed by atoms with E-state index >= 15 is 0 Å². The molecule has 1 N–H and O–H groups in total. The molecule has 5 heteroatoms. The molecule has 0 atom stereocenters. The number of ether oxygens (including phenoxy) is 1. The van der Waals surface area contributed by atoms with Gasteiger partial charge in [0.1, 0.15) is 0 Å². The minimum absolute atomic E-state index is 0.200. The van der Waals surface area contributed by atoms with Gasteiger partial charge < -0.3 is 10.1 Å². The summed E-state index contributed by atoms with van der Waals surface area (Å²) < 4.78 is 42.7. The smallest absolute Gasteiger partial charge is 0.373 e. The van der Waals surface area contributed by atoms with Crippen molar-refractivity contribution in [3.63, 3.8) is 0 Å². The zero-order chi connectivity index (χ0) is 15.3. The summed E-state index contributed by atoms with van der Waals surface area (Å²) in [5, 5.41) is 3.46. The van der Waals surface area contributed by atoms with Gasteiger partial charge in [-0.05, 0) is 44.4 Å². The van der Waals surface area contributed by atoms with Gasteiger partial charge in [-0.3, -0.25) is 0 Å². The van der Waals surface area contributed by atoms with Gasteiger partial charge >= 0.3 is 6.18 Å². The van der Waals surface area contributed by atoms with Gasteiger partial charge in [0, 0.05) is 12.6 Å². The van der Waals surface area contributed by atoms with Gasteiger partial charge in [-0.2, -0.15) is 13.2 Å². The number of hydrogen-bond donors (Lipinski definition) is 1. The molecule has 2 nitrogen and oxygen atoms in total. The number of nitrogens with one attached hydrogen (secondary N) is 1. The van der Waals surface area contributed by atoms with E-state index in [-0.39, 0.29) is 12.2 Å². The van der Waals surface area contributed by atoms with Crippen LogP contribution in [0, 0.1) is 5.92 Å². The molecule has 124 valence electrons. The number of halogens is 3. The van der Waals surface area contributed by atoms with Gasteiger partial charge in [-0.15, -0.1) is 0 Å². The first-order valence-corrected chi connectivity index (χ1v) is 8.36. The molecule has 0 bridgehead atoms. The maximum absolute atomic E-state index is 12.3. The van der Waals surface area contributed by atoms with Crippen LogP contribution in [0.5, 0.6) is 0 Å². The molecule has 0 heterocycles. The Morgan fingerprint density at radius 3 is 2.33 bits per heavy atom. The van der Waals surface area contributed by atoms with Gasteiger partial charge in [0.2, 0.25) is 0 Å². The van der Waals surface area contributed by atoms with Crippen molar-refractivity contribution in [3.8, 4) is 0 Å². The van der Waals surface area contributed by atoms with E-state index in [1.165, 1.54) is 25.7 Å². The van der Waals surface area contributed by atoms with Crippen molar-refractivity contribution in [2.24, 2.45) is 5.92 Å². The van der Waals surface area contributed by atoms with E-state index in [4.69, 9.17) is 4.74 Å². The highest BCUT2D eigenvalue weighted by Gasteiger charge is 2.38. The first-order valence-electron chi connectivity index (χ1n) is 8.36. The number of rotatable bonds is 8. The highest BCUT2D eigenvalue weighted by atomic mass is 19.4. The zero-order valence-electron chi connectivity index (χ0n) is 13.0. The van der Waals surface area contributed by atoms with Crippen LogP contribution in [0.4, 0.5) is 13.2 Å². The van der Waals surface area contributed by atoms with Crippen LogP contribution in [0.1, 0.15) is 64.7 Å². The average molecular weight is 307 g/mol. The Kier molecular flexibility index (Phi) is 5.95. The van der Waals surface area contributed by atoms with Gasteiger partial charge in [0.25, 0.3) is 0 Å². The van der Waals surface area contributed by atoms with E-state index < -0.39 is 12.6 Å². The lowest BCUT2D eigenvalue weighted by atomic mass is 9.77. The second-order valence-electron chi connectivity index (χ2n) is 6.78. The summed E-state index contributed by atoms with van der Waals surface area (Å²) in [5.41, 5.74) is -0.363. The van der Waals surface area contributed by atoms with Crippen molar-refractivity contribution in [1.82, 2.24) is 5.32 Å². The van der Waals surface area contributed by atoms with E-state index in [9.17, 15) is 13.2 Å². The van der Waals surface area contributed by atoms with E-state index in [1.54, 1.807) is 0 Å². The third-order valence-electron chi connectivity index (χ3n) is 4.80. The molecule has 2 rings (SSSR count). The minimum Gasteiger partial charge on any atom is -0.373 e. The molecule has 0 aromatic rings. The lowest BCUT2D eigenvalue weighted by Gasteiger charge is -2.40. The van der Waals surface area contributed by atoms with Gasteiger partial charge in [-0.25, -0.2) is 0 Å². The Morgan fingerprint density at radius 2 is 1.81 bits per heavy atom. The summed E-state index contributed by atoms with van der Waals surface area (Å²) >= 11 is 0. The fourth-order valence-electron chi connectivity index (χ4n) is 3.27. The van der Waals surface area contributed by atoms with Gasteiger partial charge in [0.05, 0.1) is 18.6 Å². The molecule has 0 aliphatic heterocycles. The Morgan fingerprint density at radius 1 is 1.14 bits per heavy atom. The van der Waals surface area contributed by atoms with Crippen LogP contribution >= 0.6 is 0 Å². The Bertz CT molecular complexity index is 307. The minimum atomic E-state index is -4.12. The lowest BCUT2D eigenvalue weighted by molar-refractivity contribution is -0.163. The monoisotopic (exact) mass is 307 g/mol. The molecule has 2 fully saturated rings. The average Bonchev–Trinajstić information content (AvgIpc) is 3.22. The van der Waals surface area contributed by atoms with Crippen LogP contribution in [0.15, 0.2) is 0 Å². The summed E-state index contributed by atoms with van der Waals surface area (Å²) in [7, 11) is 0. The van der Waals surface area contributed by atoms with Gasteiger partial charge in [-0.1, -0.05) is 19.8 Å². The predicted octanol–water partition coefficient (Wildman–Crippen LogP) is 4.44. The molecule has 2 aliphatic carbocycles. The summed E-state index contributed by atoms with van der Waals surface area (Å²) in [6, 6.07) is 0.571. The number of hydrogen-bond acceptors (Lipinski definition) is 2. The Labute approximate surface area is 125 Å². The van der Waals surface area contributed by atoms with Crippen molar-refractivity contribution in [3.05, 3.63) is 0 Å². The summed E-state index contributed by atoms with van der Waals surface area (Å²) in [4.78, 5) is 0. The molecule has 2 saturated carbocycles. The molecule has 2 aliphatic rings. The molecular weight excluding hydrogens is 279 g/mol. The molecule has 0 saturated heterocycles. The highest BCUT2D eigenvalue weighted by molar-refractivity contribution is 4.92. The predicted molar refractivity (Wildman–Crippen MR) is 77.2 cm³/mol. The second-order valence-corrected chi connectivity index (χ2v) is 6.78. The highest BCUT2D eigenvalue weighted by Crippen LogP contribution is 2.37. The molecule has 0 aromatic heterocycles. The van der Waals surface area contributed by atoms with E-state index in [0.29, 0.717) is 12.6 Å². The van der Waals surface area contributed by atoms with E-state index in [0.717, 1.165) is 31.6 Å². The molecular formula is C16H28F3NO.